The van der Waals surface area contributed by atoms with Crippen molar-refractivity contribution in [1.82, 2.24) is 5.43 Å². The van der Waals surface area contributed by atoms with E-state index < -0.39 is 0 Å². The molecule has 0 spiro atoms. The number of hydrazone groups is 1. The van der Waals surface area contributed by atoms with E-state index in [0.717, 1.165) is 20.3 Å². The van der Waals surface area contributed by atoms with Gasteiger partial charge in [-0.15, -0.1) is 0 Å². The Hall–Kier alpha value is -3.76. The van der Waals surface area contributed by atoms with Crippen molar-refractivity contribution in [2.45, 2.75) is 13.2 Å². The molecule has 0 fully saturated rings. The maximum absolute atomic E-state index is 12.7. The normalized spacial score (nSPS) is 10.8. The van der Waals surface area contributed by atoms with Crippen molar-refractivity contribution in [2.24, 2.45) is 5.10 Å². The standard InChI is InChI=1S/C30H26ClIN2O5/c1-36-27-16-23(11-12-26(27)38-18-20-7-4-3-5-8-20)30(35)34-33-17-22-14-25(32)29(28(15-22)37-2)39-19-21-9-6-10-24(31)13-21/h3-17H,18-19H2,1-2H3,(H,34,35)/b33-17+. The summed E-state index contributed by atoms with van der Waals surface area (Å²) in [6.45, 7) is 0.732. The highest BCUT2D eigenvalue weighted by molar-refractivity contribution is 14.1. The summed E-state index contributed by atoms with van der Waals surface area (Å²) in [6, 6.07) is 25.9. The van der Waals surface area contributed by atoms with Crippen molar-refractivity contribution in [3.8, 4) is 23.0 Å². The Kier molecular flexibility index (Phi) is 10.0. The second-order valence-corrected chi connectivity index (χ2v) is 9.89. The van der Waals surface area contributed by atoms with E-state index >= 15 is 0 Å². The van der Waals surface area contributed by atoms with E-state index in [1.807, 2.05) is 60.7 Å². The van der Waals surface area contributed by atoms with Gasteiger partial charge in [0.15, 0.2) is 23.0 Å². The molecule has 200 valence electrons. The summed E-state index contributed by atoms with van der Waals surface area (Å²) in [6.07, 6.45) is 1.54. The summed E-state index contributed by atoms with van der Waals surface area (Å²) in [5.41, 5.74) is 5.64. The number of halogens is 2. The molecular weight excluding hydrogens is 631 g/mol. The molecule has 0 heterocycles. The molecule has 0 aliphatic heterocycles. The van der Waals surface area contributed by atoms with Crippen molar-refractivity contribution in [2.75, 3.05) is 14.2 Å². The van der Waals surface area contributed by atoms with Crippen LogP contribution in [0.1, 0.15) is 27.0 Å². The van der Waals surface area contributed by atoms with E-state index in [-0.39, 0.29) is 5.91 Å². The fourth-order valence-electron chi connectivity index (χ4n) is 3.63. The van der Waals surface area contributed by atoms with E-state index in [0.29, 0.717) is 46.8 Å². The molecule has 9 heteroatoms. The number of hydrogen-bond acceptors (Lipinski definition) is 6. The number of carbonyl (C=O) groups is 1. The molecule has 0 saturated carbocycles. The zero-order valence-electron chi connectivity index (χ0n) is 21.3. The number of ether oxygens (including phenoxy) is 4. The van der Waals surface area contributed by atoms with Gasteiger partial charge in [-0.3, -0.25) is 4.79 Å². The Bertz CT molecular complexity index is 1460. The Morgan fingerprint density at radius 3 is 2.33 bits per heavy atom. The molecule has 1 N–H and O–H groups in total. The lowest BCUT2D eigenvalue weighted by Crippen LogP contribution is -2.17. The smallest absolute Gasteiger partial charge is 0.271 e. The van der Waals surface area contributed by atoms with Crippen LogP contribution in [0.15, 0.2) is 90.0 Å². The lowest BCUT2D eigenvalue weighted by atomic mass is 10.2. The molecule has 0 radical (unpaired) electrons. The van der Waals surface area contributed by atoms with Crippen LogP contribution in [0.25, 0.3) is 0 Å². The highest BCUT2D eigenvalue weighted by Crippen LogP contribution is 2.34. The van der Waals surface area contributed by atoms with Gasteiger partial charge in [0.25, 0.3) is 5.91 Å². The minimum Gasteiger partial charge on any atom is -0.493 e. The maximum Gasteiger partial charge on any atom is 0.271 e. The topological polar surface area (TPSA) is 78.4 Å². The second kappa shape index (κ2) is 13.9. The Balaban J connectivity index is 1.39. The minimum absolute atomic E-state index is 0.343. The van der Waals surface area contributed by atoms with Crippen molar-refractivity contribution in [1.29, 1.82) is 0 Å². The SMILES string of the molecule is COc1cc(C(=O)N/N=C/c2cc(I)c(OCc3cccc(Cl)c3)c(OC)c2)ccc1OCc1ccccc1. The van der Waals surface area contributed by atoms with Crippen LogP contribution < -0.4 is 24.4 Å². The van der Waals surface area contributed by atoms with Crippen LogP contribution in [0.3, 0.4) is 0 Å². The first-order chi connectivity index (χ1) is 19.0. The van der Waals surface area contributed by atoms with Crippen LogP contribution in [-0.4, -0.2) is 26.3 Å². The van der Waals surface area contributed by atoms with Crippen LogP contribution in [-0.2, 0) is 13.2 Å². The summed E-state index contributed by atoms with van der Waals surface area (Å²) >= 11 is 8.24. The van der Waals surface area contributed by atoms with Gasteiger partial charge in [-0.05, 0) is 81.7 Å². The third kappa shape index (κ3) is 7.87. The van der Waals surface area contributed by atoms with Crippen molar-refractivity contribution < 1.29 is 23.7 Å². The summed E-state index contributed by atoms with van der Waals surface area (Å²) in [7, 11) is 3.10. The molecule has 0 saturated heterocycles. The Labute approximate surface area is 245 Å². The number of amides is 1. The minimum atomic E-state index is -0.387. The number of nitrogens with zero attached hydrogens (tertiary/aromatic N) is 1. The Morgan fingerprint density at radius 1 is 0.846 bits per heavy atom. The van der Waals surface area contributed by atoms with Gasteiger partial charge in [0.05, 0.1) is 24.0 Å². The monoisotopic (exact) mass is 656 g/mol. The van der Waals surface area contributed by atoms with Crippen LogP contribution in [0.2, 0.25) is 5.02 Å². The first-order valence-corrected chi connectivity index (χ1v) is 13.4. The largest absolute Gasteiger partial charge is 0.493 e. The van der Waals surface area contributed by atoms with Crippen LogP contribution in [0.4, 0.5) is 0 Å². The van der Waals surface area contributed by atoms with Crippen LogP contribution in [0, 0.1) is 3.57 Å². The molecule has 4 rings (SSSR count). The quantitative estimate of drug-likeness (QED) is 0.108. The van der Waals surface area contributed by atoms with Gasteiger partial charge < -0.3 is 18.9 Å². The number of nitrogens with one attached hydrogen (secondary N) is 1. The molecule has 0 bridgehead atoms. The van der Waals surface area contributed by atoms with Gasteiger partial charge in [-0.1, -0.05) is 54.1 Å². The predicted octanol–water partition coefficient (Wildman–Crippen LogP) is 6.88. The molecular formula is C30H26ClIN2O5. The third-order valence-corrected chi connectivity index (χ3v) is 6.60. The molecule has 7 nitrogen and oxygen atoms in total. The number of rotatable bonds is 11. The summed E-state index contributed by atoms with van der Waals surface area (Å²) < 4.78 is 23.7. The summed E-state index contributed by atoms with van der Waals surface area (Å²) in [5, 5.41) is 4.76. The molecule has 1 amide bonds. The average molecular weight is 657 g/mol. The predicted molar refractivity (Wildman–Crippen MR) is 160 cm³/mol. The van der Waals surface area contributed by atoms with Gasteiger partial charge in [-0.25, -0.2) is 5.43 Å². The van der Waals surface area contributed by atoms with E-state index in [2.05, 4.69) is 33.1 Å². The lowest BCUT2D eigenvalue weighted by molar-refractivity contribution is 0.0954. The lowest BCUT2D eigenvalue weighted by Gasteiger charge is -2.14. The molecule has 0 unspecified atom stereocenters. The van der Waals surface area contributed by atoms with Crippen molar-refractivity contribution in [3.63, 3.8) is 0 Å². The molecule has 4 aromatic carbocycles. The fourth-order valence-corrected chi connectivity index (χ4v) is 4.62. The average Bonchev–Trinajstić information content (AvgIpc) is 2.95. The number of methoxy groups -OCH3 is 2. The first-order valence-electron chi connectivity index (χ1n) is 11.9. The van der Waals surface area contributed by atoms with E-state index in [9.17, 15) is 4.79 Å². The molecule has 0 aliphatic rings. The van der Waals surface area contributed by atoms with Crippen molar-refractivity contribution >= 4 is 46.3 Å². The molecule has 0 atom stereocenters. The van der Waals surface area contributed by atoms with Crippen molar-refractivity contribution in [3.05, 3.63) is 116 Å². The van der Waals surface area contributed by atoms with Gasteiger partial charge in [-0.2, -0.15) is 5.10 Å². The number of carbonyl (C=O) groups excluding carboxylic acids is 1. The third-order valence-electron chi connectivity index (χ3n) is 5.57. The van der Waals surface area contributed by atoms with Gasteiger partial charge in [0.1, 0.15) is 13.2 Å². The van der Waals surface area contributed by atoms with E-state index in [4.69, 9.17) is 30.5 Å². The zero-order valence-corrected chi connectivity index (χ0v) is 24.2. The Morgan fingerprint density at radius 2 is 1.59 bits per heavy atom. The molecule has 39 heavy (non-hydrogen) atoms. The molecule has 0 aromatic heterocycles. The molecule has 0 aliphatic carbocycles. The zero-order chi connectivity index (χ0) is 27.6. The van der Waals surface area contributed by atoms with Gasteiger partial charge >= 0.3 is 0 Å². The van der Waals surface area contributed by atoms with Crippen LogP contribution >= 0.6 is 34.2 Å². The van der Waals surface area contributed by atoms with Gasteiger partial charge in [0, 0.05) is 10.6 Å². The van der Waals surface area contributed by atoms with E-state index in [1.54, 1.807) is 31.4 Å². The van der Waals surface area contributed by atoms with E-state index in [1.165, 1.54) is 13.3 Å². The van der Waals surface area contributed by atoms with Gasteiger partial charge in [0.2, 0.25) is 0 Å². The number of benzene rings is 4. The summed E-state index contributed by atoms with van der Waals surface area (Å²) in [5.74, 6) is 1.77. The first kappa shape index (κ1) is 28.3. The fraction of sp³-hybridized carbons (Fsp3) is 0.133. The molecule has 4 aromatic rings. The summed E-state index contributed by atoms with van der Waals surface area (Å²) in [4.78, 5) is 12.7. The second-order valence-electron chi connectivity index (χ2n) is 8.29. The number of hydrogen-bond donors (Lipinski definition) is 1. The highest BCUT2D eigenvalue weighted by atomic mass is 127. The highest BCUT2D eigenvalue weighted by Gasteiger charge is 2.13. The maximum atomic E-state index is 12.7. The van der Waals surface area contributed by atoms with Crippen LogP contribution in [0.5, 0.6) is 23.0 Å².